The third-order valence-corrected chi connectivity index (χ3v) is 4.01. The first kappa shape index (κ1) is 12.8. The monoisotopic (exact) mass is 265 g/mol. The molecule has 2 aromatic carbocycles. The first-order valence-corrected chi connectivity index (χ1v) is 6.88. The summed E-state index contributed by atoms with van der Waals surface area (Å²) in [6, 6.07) is 16.9. The fourth-order valence-electron chi connectivity index (χ4n) is 2.79. The molecular weight excluding hydrogens is 246 g/mol. The Balaban J connectivity index is 2.05. The van der Waals surface area contributed by atoms with Crippen molar-refractivity contribution in [1.29, 1.82) is 0 Å². The molecule has 3 rings (SSSR count). The molecule has 0 bridgehead atoms. The smallest absolute Gasteiger partial charge is 0.118 e. The van der Waals surface area contributed by atoms with Gasteiger partial charge in [-0.2, -0.15) is 0 Å². The van der Waals surface area contributed by atoms with Crippen LogP contribution in [0.3, 0.4) is 0 Å². The van der Waals surface area contributed by atoms with E-state index in [4.69, 9.17) is 4.74 Å². The zero-order valence-electron chi connectivity index (χ0n) is 12.1. The molecule has 0 fully saturated rings. The van der Waals surface area contributed by atoms with Gasteiger partial charge in [-0.05, 0) is 29.3 Å². The van der Waals surface area contributed by atoms with E-state index in [0.717, 1.165) is 5.75 Å². The minimum absolute atomic E-state index is 0.368. The zero-order chi connectivity index (χ0) is 14.1. The van der Waals surface area contributed by atoms with Gasteiger partial charge < -0.3 is 9.30 Å². The predicted octanol–water partition coefficient (Wildman–Crippen LogP) is 4.34. The van der Waals surface area contributed by atoms with Crippen LogP contribution in [-0.4, -0.2) is 11.7 Å². The van der Waals surface area contributed by atoms with Crippen LogP contribution in [0.2, 0.25) is 0 Å². The van der Waals surface area contributed by atoms with Gasteiger partial charge in [0, 0.05) is 30.1 Å². The maximum atomic E-state index is 5.22. The first-order valence-electron chi connectivity index (χ1n) is 6.88. The highest BCUT2D eigenvalue weighted by atomic mass is 16.5. The van der Waals surface area contributed by atoms with Crippen molar-refractivity contribution in [3.8, 4) is 5.75 Å². The second-order valence-electron chi connectivity index (χ2n) is 5.21. The van der Waals surface area contributed by atoms with Crippen molar-refractivity contribution < 1.29 is 4.74 Å². The van der Waals surface area contributed by atoms with E-state index in [0.29, 0.717) is 5.92 Å². The third kappa shape index (κ3) is 2.07. The minimum atomic E-state index is 0.368. The summed E-state index contributed by atoms with van der Waals surface area (Å²) in [5, 5.41) is 1.33. The number of para-hydroxylation sites is 1. The highest BCUT2D eigenvalue weighted by molar-refractivity contribution is 5.84. The quantitative estimate of drug-likeness (QED) is 0.687. The van der Waals surface area contributed by atoms with E-state index in [1.165, 1.54) is 22.0 Å². The molecule has 0 saturated heterocycles. The van der Waals surface area contributed by atoms with Crippen molar-refractivity contribution >= 4 is 10.9 Å². The van der Waals surface area contributed by atoms with Gasteiger partial charge in [0.1, 0.15) is 5.75 Å². The zero-order valence-corrected chi connectivity index (χ0v) is 12.1. The van der Waals surface area contributed by atoms with Crippen LogP contribution >= 0.6 is 0 Å². The van der Waals surface area contributed by atoms with Crippen molar-refractivity contribution in [3.63, 3.8) is 0 Å². The molecule has 1 unspecified atom stereocenters. The molecule has 2 heteroatoms. The SMILES string of the molecule is COc1ccc(C(C)c2cn(C)c3ccccc23)cc1. The average Bonchev–Trinajstić information content (AvgIpc) is 2.84. The standard InChI is InChI=1S/C18H19NO/c1-13(14-8-10-15(20-3)11-9-14)17-12-19(2)18-7-5-4-6-16(17)18/h4-13H,1-3H3. The Morgan fingerprint density at radius 1 is 1.00 bits per heavy atom. The number of aryl methyl sites for hydroxylation is 1. The van der Waals surface area contributed by atoms with E-state index in [9.17, 15) is 0 Å². The molecule has 0 radical (unpaired) electrons. The second-order valence-corrected chi connectivity index (χ2v) is 5.21. The lowest BCUT2D eigenvalue weighted by molar-refractivity contribution is 0.414. The van der Waals surface area contributed by atoms with Gasteiger partial charge in [-0.15, -0.1) is 0 Å². The molecule has 0 amide bonds. The Labute approximate surface area is 119 Å². The van der Waals surface area contributed by atoms with Crippen molar-refractivity contribution in [3.05, 3.63) is 65.9 Å². The maximum Gasteiger partial charge on any atom is 0.118 e. The van der Waals surface area contributed by atoms with E-state index < -0.39 is 0 Å². The number of hydrogen-bond acceptors (Lipinski definition) is 1. The lowest BCUT2D eigenvalue weighted by Crippen LogP contribution is -1.95. The fourth-order valence-corrected chi connectivity index (χ4v) is 2.79. The lowest BCUT2D eigenvalue weighted by Gasteiger charge is -2.12. The molecule has 0 spiro atoms. The number of benzene rings is 2. The highest BCUT2D eigenvalue weighted by Gasteiger charge is 2.14. The van der Waals surface area contributed by atoms with E-state index in [1.54, 1.807) is 7.11 Å². The summed E-state index contributed by atoms with van der Waals surface area (Å²) in [5.74, 6) is 1.27. The average molecular weight is 265 g/mol. The van der Waals surface area contributed by atoms with Crippen molar-refractivity contribution in [2.24, 2.45) is 7.05 Å². The van der Waals surface area contributed by atoms with Gasteiger partial charge in [0.2, 0.25) is 0 Å². The number of hydrogen-bond donors (Lipinski definition) is 0. The lowest BCUT2D eigenvalue weighted by atomic mass is 9.93. The number of aromatic nitrogens is 1. The van der Waals surface area contributed by atoms with Gasteiger partial charge in [0.05, 0.1) is 7.11 Å². The third-order valence-electron chi connectivity index (χ3n) is 4.01. The summed E-state index contributed by atoms with van der Waals surface area (Å²) in [7, 11) is 3.80. The number of fused-ring (bicyclic) bond motifs is 1. The molecule has 0 N–H and O–H groups in total. The molecule has 0 aliphatic carbocycles. The highest BCUT2D eigenvalue weighted by Crippen LogP contribution is 2.32. The molecule has 1 heterocycles. The van der Waals surface area contributed by atoms with Crippen LogP contribution < -0.4 is 4.74 Å². The van der Waals surface area contributed by atoms with Crippen LogP contribution in [0.1, 0.15) is 24.0 Å². The van der Waals surface area contributed by atoms with Crippen LogP contribution in [0.4, 0.5) is 0 Å². The molecule has 1 aromatic heterocycles. The Hall–Kier alpha value is -2.22. The summed E-state index contributed by atoms with van der Waals surface area (Å²) >= 11 is 0. The number of methoxy groups -OCH3 is 1. The Bertz CT molecular complexity index is 725. The van der Waals surface area contributed by atoms with Crippen molar-refractivity contribution in [2.45, 2.75) is 12.8 Å². The van der Waals surface area contributed by atoms with Crippen LogP contribution in [0, 0.1) is 0 Å². The molecule has 20 heavy (non-hydrogen) atoms. The Kier molecular flexibility index (Phi) is 3.23. The van der Waals surface area contributed by atoms with Gasteiger partial charge in [-0.3, -0.25) is 0 Å². The first-order chi connectivity index (χ1) is 9.70. The Morgan fingerprint density at radius 3 is 2.40 bits per heavy atom. The van der Waals surface area contributed by atoms with Gasteiger partial charge >= 0.3 is 0 Å². The second kappa shape index (κ2) is 5.04. The molecule has 3 aromatic rings. The van der Waals surface area contributed by atoms with E-state index >= 15 is 0 Å². The van der Waals surface area contributed by atoms with Gasteiger partial charge in [-0.25, -0.2) is 0 Å². The van der Waals surface area contributed by atoms with Crippen molar-refractivity contribution in [2.75, 3.05) is 7.11 Å². The summed E-state index contributed by atoms with van der Waals surface area (Å²) < 4.78 is 7.42. The van der Waals surface area contributed by atoms with Gasteiger partial charge in [-0.1, -0.05) is 37.3 Å². The molecule has 102 valence electrons. The van der Waals surface area contributed by atoms with Crippen LogP contribution in [-0.2, 0) is 7.05 Å². The fraction of sp³-hybridized carbons (Fsp3) is 0.222. The summed E-state index contributed by atoms with van der Waals surface area (Å²) in [4.78, 5) is 0. The normalized spacial score (nSPS) is 12.6. The molecule has 2 nitrogen and oxygen atoms in total. The van der Waals surface area contributed by atoms with E-state index in [-0.39, 0.29) is 0 Å². The molecule has 0 saturated carbocycles. The predicted molar refractivity (Wildman–Crippen MR) is 83.4 cm³/mol. The summed E-state index contributed by atoms with van der Waals surface area (Å²) in [6.45, 7) is 2.25. The summed E-state index contributed by atoms with van der Waals surface area (Å²) in [5.41, 5.74) is 3.96. The largest absolute Gasteiger partial charge is 0.497 e. The maximum absolute atomic E-state index is 5.22. The van der Waals surface area contributed by atoms with Crippen LogP contribution in [0.25, 0.3) is 10.9 Å². The molecule has 0 aliphatic rings. The molecule has 1 atom stereocenters. The minimum Gasteiger partial charge on any atom is -0.497 e. The summed E-state index contributed by atoms with van der Waals surface area (Å²) in [6.07, 6.45) is 2.24. The topological polar surface area (TPSA) is 14.2 Å². The van der Waals surface area contributed by atoms with Gasteiger partial charge in [0.15, 0.2) is 0 Å². The van der Waals surface area contributed by atoms with Crippen molar-refractivity contribution in [1.82, 2.24) is 4.57 Å². The molecule has 0 aliphatic heterocycles. The van der Waals surface area contributed by atoms with Gasteiger partial charge in [0.25, 0.3) is 0 Å². The van der Waals surface area contributed by atoms with Crippen LogP contribution in [0.5, 0.6) is 5.75 Å². The van der Waals surface area contributed by atoms with E-state index in [1.807, 2.05) is 12.1 Å². The Morgan fingerprint density at radius 2 is 1.70 bits per heavy atom. The van der Waals surface area contributed by atoms with E-state index in [2.05, 4.69) is 61.1 Å². The number of ether oxygens (including phenoxy) is 1. The number of rotatable bonds is 3. The molecular formula is C18H19NO. The number of nitrogens with zero attached hydrogens (tertiary/aromatic N) is 1. The van der Waals surface area contributed by atoms with Crippen LogP contribution in [0.15, 0.2) is 54.7 Å².